The standard InChI is InChI=1S/C10H6N2O4S/c13-10(14)9-11-8(5-17-9)6-2-1-3-7(4-6)12(15)16/h1-5H,(H,13,14)/p-1. The van der Waals surface area contributed by atoms with Gasteiger partial charge in [0.25, 0.3) is 5.69 Å². The Morgan fingerprint density at radius 2 is 2.18 bits per heavy atom. The molecule has 0 spiro atoms. The molecule has 1 aromatic heterocycles. The molecule has 0 unspecified atom stereocenters. The normalized spacial score (nSPS) is 10.1. The third kappa shape index (κ3) is 2.28. The molecule has 0 aliphatic rings. The maximum atomic E-state index is 10.6. The van der Waals surface area contributed by atoms with Crippen LogP contribution in [-0.2, 0) is 0 Å². The molecule has 0 radical (unpaired) electrons. The summed E-state index contributed by atoms with van der Waals surface area (Å²) in [5.41, 5.74) is 0.825. The number of non-ortho nitro benzene ring substituents is 1. The number of carbonyl (C=O) groups excluding carboxylic acids is 1. The molecule has 1 aromatic carbocycles. The smallest absolute Gasteiger partial charge is 0.270 e. The predicted molar refractivity (Wildman–Crippen MR) is 58.5 cm³/mol. The van der Waals surface area contributed by atoms with Crippen molar-refractivity contribution in [1.82, 2.24) is 4.98 Å². The molecule has 17 heavy (non-hydrogen) atoms. The van der Waals surface area contributed by atoms with E-state index in [0.29, 0.717) is 11.3 Å². The van der Waals surface area contributed by atoms with Crippen LogP contribution in [0.4, 0.5) is 5.69 Å². The van der Waals surface area contributed by atoms with Crippen molar-refractivity contribution in [1.29, 1.82) is 0 Å². The van der Waals surface area contributed by atoms with Gasteiger partial charge in [0, 0.05) is 23.1 Å². The van der Waals surface area contributed by atoms with Crippen LogP contribution in [0.3, 0.4) is 0 Å². The molecule has 0 fully saturated rings. The molecule has 0 saturated heterocycles. The quantitative estimate of drug-likeness (QED) is 0.599. The number of carbonyl (C=O) groups is 1. The van der Waals surface area contributed by atoms with Crippen LogP contribution in [0.15, 0.2) is 29.6 Å². The molecule has 6 nitrogen and oxygen atoms in total. The van der Waals surface area contributed by atoms with Crippen molar-refractivity contribution in [3.63, 3.8) is 0 Å². The van der Waals surface area contributed by atoms with Crippen molar-refractivity contribution in [2.75, 3.05) is 0 Å². The molecular formula is C10H5N2O4S-. The highest BCUT2D eigenvalue weighted by molar-refractivity contribution is 7.11. The molecule has 0 bridgehead atoms. The second kappa shape index (κ2) is 4.30. The summed E-state index contributed by atoms with van der Waals surface area (Å²) in [5.74, 6) is -1.35. The largest absolute Gasteiger partial charge is 0.542 e. The van der Waals surface area contributed by atoms with E-state index in [0.717, 1.165) is 11.3 Å². The molecule has 7 heteroatoms. The number of aromatic nitrogens is 1. The monoisotopic (exact) mass is 249 g/mol. The van der Waals surface area contributed by atoms with Crippen molar-refractivity contribution >= 4 is 23.0 Å². The van der Waals surface area contributed by atoms with Gasteiger partial charge in [-0.1, -0.05) is 12.1 Å². The first-order valence-electron chi connectivity index (χ1n) is 4.49. The van der Waals surface area contributed by atoms with Crippen LogP contribution in [-0.4, -0.2) is 15.9 Å². The van der Waals surface area contributed by atoms with E-state index < -0.39 is 10.9 Å². The molecule has 0 aliphatic heterocycles. The average Bonchev–Trinajstić information content (AvgIpc) is 2.78. The first-order valence-corrected chi connectivity index (χ1v) is 5.37. The summed E-state index contributed by atoms with van der Waals surface area (Å²) in [4.78, 5) is 24.4. The van der Waals surface area contributed by atoms with Crippen LogP contribution in [0, 0.1) is 10.1 Å². The molecule has 0 atom stereocenters. The molecule has 0 saturated carbocycles. The number of hydrogen-bond acceptors (Lipinski definition) is 6. The van der Waals surface area contributed by atoms with Crippen LogP contribution in [0.2, 0.25) is 0 Å². The van der Waals surface area contributed by atoms with Gasteiger partial charge in [0.05, 0.1) is 10.6 Å². The van der Waals surface area contributed by atoms with E-state index in [1.165, 1.54) is 23.6 Å². The highest BCUT2D eigenvalue weighted by Gasteiger charge is 2.10. The Labute approximate surface area is 99.3 Å². The Kier molecular flexibility index (Phi) is 2.84. The zero-order valence-corrected chi connectivity index (χ0v) is 9.14. The average molecular weight is 249 g/mol. The maximum absolute atomic E-state index is 10.6. The summed E-state index contributed by atoms with van der Waals surface area (Å²) < 4.78 is 0. The van der Waals surface area contributed by atoms with E-state index in [2.05, 4.69) is 4.98 Å². The Hall–Kier alpha value is -2.28. The lowest BCUT2D eigenvalue weighted by molar-refractivity contribution is -0.384. The summed E-state index contributed by atoms with van der Waals surface area (Å²) >= 11 is 0.924. The van der Waals surface area contributed by atoms with Gasteiger partial charge in [0.2, 0.25) is 0 Å². The number of aromatic carboxylic acids is 1. The number of thiazole rings is 1. The van der Waals surface area contributed by atoms with Crippen LogP contribution >= 0.6 is 11.3 Å². The Bertz CT molecular complexity index is 593. The van der Waals surface area contributed by atoms with Gasteiger partial charge in [-0.05, 0) is 0 Å². The van der Waals surface area contributed by atoms with Gasteiger partial charge in [-0.2, -0.15) is 0 Å². The Morgan fingerprint density at radius 1 is 1.41 bits per heavy atom. The zero-order valence-electron chi connectivity index (χ0n) is 8.32. The number of benzene rings is 1. The van der Waals surface area contributed by atoms with Gasteiger partial charge in [0.15, 0.2) is 0 Å². The molecule has 0 aliphatic carbocycles. The van der Waals surface area contributed by atoms with Crippen LogP contribution in [0.1, 0.15) is 9.80 Å². The van der Waals surface area contributed by atoms with E-state index in [9.17, 15) is 20.0 Å². The SMILES string of the molecule is O=C([O-])c1nc(-c2cccc([N+](=O)[O-])c2)cs1. The lowest BCUT2D eigenvalue weighted by Gasteiger charge is -1.97. The highest BCUT2D eigenvalue weighted by Crippen LogP contribution is 2.24. The summed E-state index contributed by atoms with van der Waals surface area (Å²) in [6, 6.07) is 5.84. The summed E-state index contributed by atoms with van der Waals surface area (Å²) in [6.45, 7) is 0. The third-order valence-corrected chi connectivity index (χ3v) is 2.85. The fourth-order valence-electron chi connectivity index (χ4n) is 1.28. The van der Waals surface area contributed by atoms with Gasteiger partial charge in [-0.15, -0.1) is 11.3 Å². The molecular weight excluding hydrogens is 244 g/mol. The van der Waals surface area contributed by atoms with Crippen molar-refractivity contribution < 1.29 is 14.8 Å². The first-order chi connectivity index (χ1) is 8.08. The van der Waals surface area contributed by atoms with Gasteiger partial charge in [-0.3, -0.25) is 10.1 Å². The number of hydrogen-bond donors (Lipinski definition) is 0. The van der Waals surface area contributed by atoms with E-state index in [4.69, 9.17) is 0 Å². The molecule has 86 valence electrons. The van der Waals surface area contributed by atoms with Gasteiger partial charge in [-0.25, -0.2) is 4.98 Å². The second-order valence-electron chi connectivity index (χ2n) is 3.13. The van der Waals surface area contributed by atoms with Gasteiger partial charge < -0.3 is 9.90 Å². The third-order valence-electron chi connectivity index (χ3n) is 2.03. The number of carboxylic acid groups (broad SMARTS) is 1. The zero-order chi connectivity index (χ0) is 12.4. The second-order valence-corrected chi connectivity index (χ2v) is 3.99. The Balaban J connectivity index is 2.42. The van der Waals surface area contributed by atoms with Crippen LogP contribution < -0.4 is 5.11 Å². The van der Waals surface area contributed by atoms with E-state index in [1.807, 2.05) is 0 Å². The Morgan fingerprint density at radius 3 is 2.76 bits per heavy atom. The van der Waals surface area contributed by atoms with E-state index in [1.54, 1.807) is 6.07 Å². The fraction of sp³-hybridized carbons (Fsp3) is 0. The maximum Gasteiger partial charge on any atom is 0.270 e. The van der Waals surface area contributed by atoms with Crippen molar-refractivity contribution in [2.24, 2.45) is 0 Å². The summed E-state index contributed by atoms with van der Waals surface area (Å²) in [7, 11) is 0. The van der Waals surface area contributed by atoms with Crippen LogP contribution in [0.5, 0.6) is 0 Å². The number of rotatable bonds is 3. The van der Waals surface area contributed by atoms with E-state index >= 15 is 0 Å². The van der Waals surface area contributed by atoms with Crippen molar-refractivity contribution in [3.05, 3.63) is 44.8 Å². The fourth-order valence-corrected chi connectivity index (χ4v) is 1.94. The van der Waals surface area contributed by atoms with Crippen LogP contribution in [0.25, 0.3) is 11.3 Å². The highest BCUT2D eigenvalue weighted by atomic mass is 32.1. The number of nitro benzene ring substituents is 1. The minimum absolute atomic E-state index is 0.0644. The minimum Gasteiger partial charge on any atom is -0.542 e. The topological polar surface area (TPSA) is 96.2 Å². The molecule has 2 rings (SSSR count). The van der Waals surface area contributed by atoms with Gasteiger partial charge in [0.1, 0.15) is 11.0 Å². The molecule has 2 aromatic rings. The summed E-state index contributed by atoms with van der Waals surface area (Å²) in [5, 5.41) is 22.5. The predicted octanol–water partition coefficient (Wildman–Crippen LogP) is 1.08. The molecule has 0 N–H and O–H groups in total. The number of nitrogens with zero attached hydrogens (tertiary/aromatic N) is 2. The molecule has 0 amide bonds. The number of nitro groups is 1. The van der Waals surface area contributed by atoms with Gasteiger partial charge >= 0.3 is 0 Å². The number of carboxylic acids is 1. The first kappa shape index (κ1) is 11.2. The lowest BCUT2D eigenvalue weighted by atomic mass is 10.1. The minimum atomic E-state index is -1.35. The molecule has 1 heterocycles. The van der Waals surface area contributed by atoms with Crippen molar-refractivity contribution in [2.45, 2.75) is 0 Å². The van der Waals surface area contributed by atoms with E-state index in [-0.39, 0.29) is 10.7 Å². The summed E-state index contributed by atoms with van der Waals surface area (Å²) in [6.07, 6.45) is 0. The lowest BCUT2D eigenvalue weighted by Crippen LogP contribution is -2.21. The van der Waals surface area contributed by atoms with Crippen molar-refractivity contribution in [3.8, 4) is 11.3 Å².